The molecule has 0 aliphatic carbocycles. The molecule has 6 rings (SSSR count). The fourth-order valence-electron chi connectivity index (χ4n) is 10.9. The summed E-state index contributed by atoms with van der Waals surface area (Å²) < 4.78 is 30.7. The van der Waals surface area contributed by atoms with Gasteiger partial charge in [-0.1, -0.05) is 66.2 Å². The molecule has 2 saturated heterocycles. The number of carbonyl (C=O) groups excluding carboxylic acids is 10. The number of ether oxygens (including phenoxy) is 3. The number of hydrogen-bond acceptors (Lipinski definition) is 15. The summed E-state index contributed by atoms with van der Waals surface area (Å²) in [6.07, 6.45) is -1.15. The van der Waals surface area contributed by atoms with Gasteiger partial charge in [0.05, 0.1) is 30.5 Å². The fourth-order valence-corrected chi connectivity index (χ4v) is 11.6. The van der Waals surface area contributed by atoms with E-state index in [0.717, 1.165) is 19.6 Å². The van der Waals surface area contributed by atoms with Crippen LogP contribution >= 0.6 is 22.9 Å². The van der Waals surface area contributed by atoms with Gasteiger partial charge in [0.25, 0.3) is 0 Å². The maximum absolute atomic E-state index is 15.4. The summed E-state index contributed by atoms with van der Waals surface area (Å²) in [5.74, 6) is -8.07. The highest BCUT2D eigenvalue weighted by atomic mass is 35.5. The molecule has 10 atom stereocenters. The summed E-state index contributed by atoms with van der Waals surface area (Å²) in [5, 5.41) is 13.3. The largest absolute Gasteiger partial charge is 0.385 e. The normalized spacial score (nSPS) is 24.4. The number of fused-ring (bicyclic) bond motifs is 1. The number of methoxy groups -OCH3 is 3. The number of amides is 10. The molecule has 27 heteroatoms. The van der Waals surface area contributed by atoms with E-state index in [4.69, 9.17) is 25.8 Å². The lowest BCUT2D eigenvalue weighted by atomic mass is 9.99. The number of carbonyl (C=O) groups is 10. The molecular formula is C63H83ClFN11O13S. The highest BCUT2D eigenvalue weighted by Gasteiger charge is 2.44. The minimum absolute atomic E-state index is 0.00498. The Morgan fingerprint density at radius 3 is 1.77 bits per heavy atom. The number of halogens is 2. The molecule has 488 valence electrons. The maximum atomic E-state index is 15.4. The van der Waals surface area contributed by atoms with Gasteiger partial charge in [-0.15, -0.1) is 11.3 Å². The zero-order chi connectivity index (χ0) is 65.9. The molecule has 3 aromatic carbocycles. The fraction of sp³-hybridized carbons (Fsp3) is 0.508. The Hall–Kier alpha value is -7.91. The van der Waals surface area contributed by atoms with E-state index >= 15 is 19.2 Å². The van der Waals surface area contributed by atoms with Gasteiger partial charge in [0.2, 0.25) is 59.1 Å². The second-order valence-electron chi connectivity index (χ2n) is 22.6. The monoisotopic (exact) mass is 1290 g/mol. The van der Waals surface area contributed by atoms with Gasteiger partial charge in [-0.05, 0) is 81.0 Å². The van der Waals surface area contributed by atoms with Crippen molar-refractivity contribution in [2.45, 2.75) is 126 Å². The van der Waals surface area contributed by atoms with Crippen molar-refractivity contribution in [1.29, 1.82) is 0 Å². The molecule has 0 bridgehead atoms. The van der Waals surface area contributed by atoms with E-state index in [9.17, 15) is 33.2 Å². The van der Waals surface area contributed by atoms with E-state index in [1.807, 2.05) is 0 Å². The van der Waals surface area contributed by atoms with Crippen LogP contribution < -0.4 is 21.3 Å². The van der Waals surface area contributed by atoms with Crippen LogP contribution in [0.3, 0.4) is 0 Å². The third-order valence-corrected chi connectivity index (χ3v) is 17.4. The van der Waals surface area contributed by atoms with Crippen molar-refractivity contribution in [2.75, 3.05) is 82.4 Å². The van der Waals surface area contributed by atoms with Gasteiger partial charge in [0, 0.05) is 105 Å². The minimum atomic E-state index is -1.52. The third-order valence-electron chi connectivity index (χ3n) is 16.6. The topological polar surface area (TPSA) is 279 Å². The number of hydrogen-bond donors (Lipinski definition) is 4. The first-order valence-corrected chi connectivity index (χ1v) is 31.0. The first kappa shape index (κ1) is 71.2. The maximum Gasteiger partial charge on any atom is 0.246 e. The second kappa shape index (κ2) is 33.8. The Balaban J connectivity index is 1.47. The number of aromatic nitrogens is 1. The van der Waals surface area contributed by atoms with E-state index in [1.165, 1.54) is 116 Å². The smallest absolute Gasteiger partial charge is 0.246 e. The SMILES string of the molecule is COCC[C@@H]1NC(=O)[C@H]2CCCN2C(=O)[C@H](Cc2ccccc2)N(C)C(=O)[C@H](Cc2ccc(Cl)cc2)NC(=O)[C@H]([C@@H](C)OC)N(C)C(=O)[C@H](Cc2ccc(F)cc2)NC(=O)CN(CCOC)C(=O)[C@@H](C)N(C)C(=O)[C@H](Cc2cscn2)NC(=O)[C@H](C)N(C)C1=O. The van der Waals surface area contributed by atoms with Crippen molar-refractivity contribution in [1.82, 2.24) is 55.7 Å². The number of benzene rings is 3. The second-order valence-corrected chi connectivity index (χ2v) is 23.8. The molecule has 0 radical (unpaired) electrons. The van der Waals surface area contributed by atoms with Crippen LogP contribution in [0.1, 0.15) is 62.4 Å². The first-order valence-electron chi connectivity index (χ1n) is 29.7. The van der Waals surface area contributed by atoms with E-state index in [0.29, 0.717) is 33.8 Å². The Kier molecular flexibility index (Phi) is 26.7. The van der Waals surface area contributed by atoms with E-state index in [2.05, 4.69) is 26.3 Å². The molecule has 4 aromatic rings. The molecule has 90 heavy (non-hydrogen) atoms. The van der Waals surface area contributed by atoms with Crippen LogP contribution in [-0.2, 0) is 87.8 Å². The number of thiazole rings is 1. The van der Waals surface area contributed by atoms with Crippen molar-refractivity contribution in [3.63, 3.8) is 0 Å². The van der Waals surface area contributed by atoms with Crippen LogP contribution in [0.5, 0.6) is 0 Å². The lowest BCUT2D eigenvalue weighted by Crippen LogP contribution is -2.62. The summed E-state index contributed by atoms with van der Waals surface area (Å²) in [4.78, 5) is 160. The van der Waals surface area contributed by atoms with Gasteiger partial charge in [0.1, 0.15) is 60.2 Å². The summed E-state index contributed by atoms with van der Waals surface area (Å²) in [6.45, 7) is 3.56. The van der Waals surface area contributed by atoms with Gasteiger partial charge in [0.15, 0.2) is 0 Å². The number of nitrogens with zero attached hydrogens (tertiary/aromatic N) is 7. The standard InChI is InChI=1S/C63H83ClFN11O13S/c1-38-55(78)69-50(34-46-36-90-37-66-46)60(83)72(5)39(2)58(81)75(28-30-88-9)35-53(77)67-48(31-43-20-24-45(65)25-21-43)62(85)74(7)54(40(3)89-10)57(80)70-49(32-42-18-22-44(64)23-19-42)61(84)73(6)52(33-41-15-12-11-13-16-41)63(86)76-27-14-17-51(76)56(79)68-47(26-29-87-8)59(82)71(38)4/h11-13,15-16,18-25,36-40,47-52,54H,14,17,26-35H2,1-10H3,(H,67,77)(H,68,79)(H,69,78)(H,70,80)/t38-,39+,40+,47-,48-,49-,50-,51+,52-,54-/m0/s1. The molecule has 0 unspecified atom stereocenters. The van der Waals surface area contributed by atoms with Crippen LogP contribution in [0.15, 0.2) is 89.8 Å². The van der Waals surface area contributed by atoms with Gasteiger partial charge in [-0.3, -0.25) is 47.9 Å². The average Bonchev–Trinajstić information content (AvgIpc) is 1.69. The van der Waals surface area contributed by atoms with Crippen molar-refractivity contribution >= 4 is 82.0 Å². The molecule has 0 saturated carbocycles. The Labute approximate surface area is 533 Å². The van der Waals surface area contributed by atoms with E-state index in [1.54, 1.807) is 65.5 Å². The number of rotatable bonds is 16. The Bertz CT molecular complexity index is 3120. The third kappa shape index (κ3) is 18.8. The van der Waals surface area contributed by atoms with Crippen LogP contribution in [0.4, 0.5) is 4.39 Å². The lowest BCUT2D eigenvalue weighted by Gasteiger charge is -2.37. The zero-order valence-electron chi connectivity index (χ0n) is 52.5. The predicted octanol–water partition coefficient (Wildman–Crippen LogP) is 2.04. The summed E-state index contributed by atoms with van der Waals surface area (Å²) in [7, 11) is 9.56. The molecule has 3 heterocycles. The average molecular weight is 1290 g/mol. The highest BCUT2D eigenvalue weighted by Crippen LogP contribution is 2.24. The summed E-state index contributed by atoms with van der Waals surface area (Å²) in [6, 6.07) is 8.54. The molecule has 2 aliphatic heterocycles. The Morgan fingerprint density at radius 1 is 0.611 bits per heavy atom. The van der Waals surface area contributed by atoms with Gasteiger partial charge < -0.3 is 64.9 Å². The number of nitrogens with one attached hydrogen (secondary N) is 4. The van der Waals surface area contributed by atoms with Crippen molar-refractivity contribution in [3.05, 3.63) is 123 Å². The van der Waals surface area contributed by atoms with Crippen LogP contribution in [-0.4, -0.2) is 236 Å². The Morgan fingerprint density at radius 2 is 1.16 bits per heavy atom. The molecular weight excluding hydrogens is 1210 g/mol. The first-order chi connectivity index (χ1) is 42.9. The highest BCUT2D eigenvalue weighted by molar-refractivity contribution is 7.07. The van der Waals surface area contributed by atoms with Gasteiger partial charge >= 0.3 is 0 Å². The summed E-state index contributed by atoms with van der Waals surface area (Å²) >= 11 is 7.55. The zero-order valence-corrected chi connectivity index (χ0v) is 54.1. The van der Waals surface area contributed by atoms with Crippen molar-refractivity contribution in [2.24, 2.45) is 0 Å². The van der Waals surface area contributed by atoms with Crippen molar-refractivity contribution in [3.8, 4) is 0 Å². The van der Waals surface area contributed by atoms with Crippen LogP contribution in [0.2, 0.25) is 5.02 Å². The van der Waals surface area contributed by atoms with Crippen molar-refractivity contribution < 1.29 is 66.5 Å². The van der Waals surface area contributed by atoms with Gasteiger partial charge in [-0.25, -0.2) is 9.37 Å². The number of likely N-dealkylation sites (N-methyl/N-ethyl adjacent to an activating group) is 4. The quantitative estimate of drug-likeness (QED) is 0.125. The van der Waals surface area contributed by atoms with E-state index < -0.39 is 132 Å². The lowest BCUT2D eigenvalue weighted by molar-refractivity contribution is -0.150. The minimum Gasteiger partial charge on any atom is -0.385 e. The molecule has 4 N–H and O–H groups in total. The molecule has 0 spiro atoms. The van der Waals surface area contributed by atoms with Crippen LogP contribution in [0.25, 0.3) is 0 Å². The van der Waals surface area contributed by atoms with Crippen LogP contribution in [0, 0.1) is 5.82 Å². The van der Waals surface area contributed by atoms with Gasteiger partial charge in [-0.2, -0.15) is 0 Å². The molecule has 10 amide bonds. The summed E-state index contributed by atoms with van der Waals surface area (Å²) in [5.41, 5.74) is 3.58. The molecule has 1 aromatic heterocycles. The van der Waals surface area contributed by atoms with E-state index in [-0.39, 0.29) is 64.8 Å². The molecule has 2 aliphatic rings. The predicted molar refractivity (Wildman–Crippen MR) is 333 cm³/mol. The molecule has 2 fully saturated rings. The molecule has 24 nitrogen and oxygen atoms in total.